The lowest BCUT2D eigenvalue weighted by Gasteiger charge is -2.08. The summed E-state index contributed by atoms with van der Waals surface area (Å²) in [6.07, 6.45) is 26.5. The van der Waals surface area contributed by atoms with Crippen molar-refractivity contribution < 1.29 is 17.9 Å². The van der Waals surface area contributed by atoms with E-state index < -0.39 is 0 Å². The number of rotatable bonds is 9. The van der Waals surface area contributed by atoms with Crippen molar-refractivity contribution in [2.24, 2.45) is 0 Å². The van der Waals surface area contributed by atoms with E-state index in [4.69, 9.17) is 16.3 Å². The smallest absolute Gasteiger partial charge is 0.170 e. The Bertz CT molecular complexity index is 5140. The number of aryl methyl sites for hydroxylation is 11. The number of para-hydroxylation sites is 1. The zero-order valence-electron chi connectivity index (χ0n) is 61.7. The zero-order chi connectivity index (χ0) is 76.5. The summed E-state index contributed by atoms with van der Waals surface area (Å²) < 4.78 is 46.7. The summed E-state index contributed by atoms with van der Waals surface area (Å²) in [5.41, 5.74) is 20.7. The normalized spacial score (nSPS) is 10.3. The second kappa shape index (κ2) is 37.8. The number of halogens is 4. The molecule has 24 nitrogen and oxygen atoms in total. The number of methoxy groups -OCH3 is 1. The number of hydrogen-bond donors (Lipinski definition) is 0. The molecule has 107 heavy (non-hydrogen) atoms. The average Bonchev–Trinajstić information content (AvgIpc) is 1.83. The van der Waals surface area contributed by atoms with Gasteiger partial charge in [0.1, 0.15) is 11.6 Å². The Morgan fingerprint density at radius 3 is 1.10 bits per heavy atom. The number of nitrogens with zero attached hydrogens (tertiary/aromatic N) is 23. The molecule has 0 fully saturated rings. The summed E-state index contributed by atoms with van der Waals surface area (Å²) in [6.45, 7) is 25.6. The fourth-order valence-electron chi connectivity index (χ4n) is 10.5. The summed E-state index contributed by atoms with van der Waals surface area (Å²) in [6, 6.07) is 43.8. The first-order valence-electron chi connectivity index (χ1n) is 33.5. The molecule has 8 heterocycles. The largest absolute Gasteiger partial charge is 0.494 e. The first kappa shape index (κ1) is 78.0. The lowest BCUT2D eigenvalue weighted by molar-refractivity contribution is 0.384. The van der Waals surface area contributed by atoms with Crippen molar-refractivity contribution in [2.45, 2.75) is 90.0 Å². The topological polar surface area (TPSA) is 242 Å². The van der Waals surface area contributed by atoms with Crippen LogP contribution in [0.25, 0.3) is 45.5 Å². The van der Waals surface area contributed by atoms with E-state index in [0.29, 0.717) is 28.1 Å². The molecule has 0 saturated carbocycles. The Balaban J connectivity index is 0.000000141. The minimum absolute atomic E-state index is 0.195. The van der Waals surface area contributed by atoms with Crippen LogP contribution in [-0.2, 0) is 0 Å². The maximum Gasteiger partial charge on any atom is 0.170 e. The molecule has 8 aromatic carbocycles. The van der Waals surface area contributed by atoms with Crippen molar-refractivity contribution >= 4 is 11.6 Å². The van der Waals surface area contributed by atoms with Crippen LogP contribution in [0.5, 0.6) is 5.75 Å². The molecule has 28 heteroatoms. The molecule has 0 aliphatic carbocycles. The van der Waals surface area contributed by atoms with Crippen LogP contribution < -0.4 is 4.74 Å². The van der Waals surface area contributed by atoms with Gasteiger partial charge in [-0.3, -0.25) is 0 Å². The van der Waals surface area contributed by atoms with E-state index in [2.05, 4.69) is 173 Å². The minimum Gasteiger partial charge on any atom is -0.494 e. The van der Waals surface area contributed by atoms with Crippen LogP contribution in [0.2, 0.25) is 5.02 Å². The quantitative estimate of drug-likeness (QED) is 0.130. The van der Waals surface area contributed by atoms with E-state index in [-0.39, 0.29) is 23.2 Å². The summed E-state index contributed by atoms with van der Waals surface area (Å²) in [4.78, 5) is 10.7. The molecule has 0 saturated heterocycles. The Morgan fingerprint density at radius 1 is 0.271 bits per heavy atom. The molecule has 0 amide bonds. The van der Waals surface area contributed by atoms with Crippen LogP contribution in [0.3, 0.4) is 0 Å². The average molecular weight is 1460 g/mol. The standard InChI is InChI=1S/C11H13N3.C11H12N2.C10H10FN3O.C10H10FN3.C10H11N3.C9H8ClN3.C9H8FN3.C9H9N3/c1-8-6-10(3)11(7-9(8)2)14-12-4-5-13-14;1-9-4-5-11(10(2)8-9)13-7-3-6-12-13;1-7-8(14-12-5-6-13-14)3-4-9(15-2)10(7)11;1-7-3-4-9(8(2)10(7)11)14-12-5-6-13-14;1-8-3-4-9(2)10(7-8)13-11-5-6-12-13;2*1-7-6-8(10)2-3-9(7)13-11-4-5-12-13;1-8-4-2-3-5-9(8)12-10-6-7-11-12/h4-7H,1-3H3;3-8H,1-2H3;3-6H,1-2H3;3-6H,1-2H3;3-7H,1-2H3;2*2-6H,1H3;2-7H,1H3. The van der Waals surface area contributed by atoms with Crippen LogP contribution >= 0.6 is 11.6 Å². The molecule has 0 aliphatic heterocycles. The van der Waals surface area contributed by atoms with Crippen molar-refractivity contribution in [1.82, 2.24) is 115 Å². The van der Waals surface area contributed by atoms with Gasteiger partial charge in [0.15, 0.2) is 11.6 Å². The molecular formula is C79H81ClF3N23O. The van der Waals surface area contributed by atoms with E-state index >= 15 is 0 Å². The Labute approximate surface area is 623 Å². The molecule has 0 spiro atoms. The molecule has 0 radical (unpaired) electrons. The molecule has 546 valence electrons. The monoisotopic (exact) mass is 1460 g/mol. The van der Waals surface area contributed by atoms with Crippen molar-refractivity contribution in [3.8, 4) is 51.2 Å². The van der Waals surface area contributed by atoms with Crippen molar-refractivity contribution in [3.63, 3.8) is 0 Å². The third-order valence-corrected chi connectivity index (χ3v) is 16.5. The van der Waals surface area contributed by atoms with Gasteiger partial charge in [0.25, 0.3) is 0 Å². The highest BCUT2D eigenvalue weighted by Gasteiger charge is 2.14. The maximum absolute atomic E-state index is 13.7. The predicted molar refractivity (Wildman–Crippen MR) is 406 cm³/mol. The predicted octanol–water partition coefficient (Wildman–Crippen LogP) is 15.8. The summed E-state index contributed by atoms with van der Waals surface area (Å²) in [5.74, 6) is -0.594. The fraction of sp³-hybridized carbons (Fsp3) is 0.177. The third kappa shape index (κ3) is 21.3. The second-order valence-corrected chi connectivity index (χ2v) is 24.6. The lowest BCUT2D eigenvalue weighted by Crippen LogP contribution is -2.03. The van der Waals surface area contributed by atoms with E-state index in [1.165, 1.54) is 78.1 Å². The SMILES string of the molecule is COc1ccc(-n2nccn2)c(C)c1F.Cc1cc(C)c(-n2nccn2)cc1C.Cc1cc(Cl)ccc1-n1nccn1.Cc1cc(F)ccc1-n1nccn1.Cc1ccc(-n2cccn2)c(C)c1.Cc1ccc(-n2nccn2)c(C)c1F.Cc1ccc(C)c(-n2nccn2)c1.Cc1ccccc1-n1nccn1. The van der Waals surface area contributed by atoms with Crippen molar-refractivity contribution in [2.75, 3.05) is 7.11 Å². The van der Waals surface area contributed by atoms with Gasteiger partial charge in [0, 0.05) is 28.5 Å². The fourth-order valence-corrected chi connectivity index (χ4v) is 10.7. The molecule has 16 aromatic rings. The van der Waals surface area contributed by atoms with Crippen LogP contribution in [0.4, 0.5) is 13.2 Å². The summed E-state index contributed by atoms with van der Waals surface area (Å²) in [7, 11) is 1.43. The van der Waals surface area contributed by atoms with Gasteiger partial charge in [-0.1, -0.05) is 71.8 Å². The maximum atomic E-state index is 13.7. The van der Waals surface area contributed by atoms with E-state index in [1.54, 1.807) is 157 Å². The van der Waals surface area contributed by atoms with Gasteiger partial charge in [-0.2, -0.15) is 110 Å². The highest BCUT2D eigenvalue weighted by molar-refractivity contribution is 6.30. The molecule has 0 N–H and O–H groups in total. The van der Waals surface area contributed by atoms with Gasteiger partial charge >= 0.3 is 0 Å². The van der Waals surface area contributed by atoms with Crippen LogP contribution in [0, 0.1) is 107 Å². The number of benzene rings is 8. The van der Waals surface area contributed by atoms with Crippen molar-refractivity contribution in [3.05, 3.63) is 333 Å². The minimum atomic E-state index is -0.382. The molecule has 8 aromatic heterocycles. The number of ether oxygens (including phenoxy) is 1. The van der Waals surface area contributed by atoms with Gasteiger partial charge in [0.2, 0.25) is 0 Å². The molecule has 16 rings (SSSR count). The molecule has 0 unspecified atom stereocenters. The van der Waals surface area contributed by atoms with Gasteiger partial charge < -0.3 is 4.74 Å². The Hall–Kier alpha value is -13.2. The first-order valence-corrected chi connectivity index (χ1v) is 33.9. The van der Waals surface area contributed by atoms with Gasteiger partial charge in [-0.15, -0.1) is 0 Å². The second-order valence-electron chi connectivity index (χ2n) is 24.2. The molecule has 0 aliphatic rings. The highest BCUT2D eigenvalue weighted by Crippen LogP contribution is 2.26. The van der Waals surface area contributed by atoms with E-state index in [0.717, 1.165) is 50.3 Å². The number of hydrogen-bond acceptors (Lipinski definition) is 16. The van der Waals surface area contributed by atoms with Crippen LogP contribution in [-0.4, -0.2) is 122 Å². The summed E-state index contributed by atoms with van der Waals surface area (Å²) in [5, 5.41) is 61.3. The molecule has 0 bridgehead atoms. The Morgan fingerprint density at radius 2 is 0.636 bits per heavy atom. The number of aromatic nitrogens is 23. The first-order chi connectivity index (χ1) is 51.6. The van der Waals surface area contributed by atoms with Gasteiger partial charge in [-0.25, -0.2) is 17.9 Å². The van der Waals surface area contributed by atoms with Crippen LogP contribution in [0.1, 0.15) is 72.3 Å². The van der Waals surface area contributed by atoms with E-state index in [9.17, 15) is 13.2 Å². The van der Waals surface area contributed by atoms with Gasteiger partial charge in [-0.05, 0) is 231 Å². The molecular weight excluding hydrogens is 1380 g/mol. The van der Waals surface area contributed by atoms with Crippen LogP contribution in [0.15, 0.2) is 239 Å². The summed E-state index contributed by atoms with van der Waals surface area (Å²) >= 11 is 5.83. The molecule has 0 atom stereocenters. The third-order valence-electron chi connectivity index (χ3n) is 16.2. The Kier molecular flexibility index (Phi) is 27.6. The zero-order valence-corrected chi connectivity index (χ0v) is 62.5. The van der Waals surface area contributed by atoms with Crippen molar-refractivity contribution in [1.29, 1.82) is 0 Å². The van der Waals surface area contributed by atoms with Gasteiger partial charge in [0.05, 0.1) is 139 Å². The lowest BCUT2D eigenvalue weighted by atomic mass is 10.1. The highest BCUT2D eigenvalue weighted by atomic mass is 35.5. The van der Waals surface area contributed by atoms with E-state index in [1.807, 2.05) is 86.2 Å².